The molecule has 1 heterocycles. The largest absolute Gasteiger partial charge is 0.497 e. The smallest absolute Gasteiger partial charge is 0.405 e. The maximum atomic E-state index is 12.0. The van der Waals surface area contributed by atoms with Crippen molar-refractivity contribution >= 4 is 17.7 Å². The number of hydrogen-bond donors (Lipinski definition) is 2. The van der Waals surface area contributed by atoms with E-state index >= 15 is 0 Å². The van der Waals surface area contributed by atoms with Crippen molar-refractivity contribution in [1.82, 2.24) is 20.2 Å². The van der Waals surface area contributed by atoms with Crippen molar-refractivity contribution in [3.05, 3.63) is 30.1 Å². The van der Waals surface area contributed by atoms with Crippen molar-refractivity contribution in [2.45, 2.75) is 17.9 Å². The van der Waals surface area contributed by atoms with Gasteiger partial charge in [-0.25, -0.2) is 4.68 Å². The molecule has 8 nitrogen and oxygen atoms in total. The fraction of sp³-hybridized carbons (Fsp3) is 0.357. The van der Waals surface area contributed by atoms with Gasteiger partial charge in [-0.05, 0) is 12.1 Å². The number of halogens is 3. The van der Waals surface area contributed by atoms with Crippen molar-refractivity contribution < 1.29 is 27.4 Å². The van der Waals surface area contributed by atoms with Gasteiger partial charge in [-0.15, -0.1) is 10.2 Å². The SMILES string of the molecule is COc1cccc(OCc2nnc(SCC(=O)NCC(F)(F)F)n2N)c1. The summed E-state index contributed by atoms with van der Waals surface area (Å²) in [6.07, 6.45) is -4.46. The van der Waals surface area contributed by atoms with E-state index in [9.17, 15) is 18.0 Å². The molecule has 0 radical (unpaired) electrons. The molecule has 3 N–H and O–H groups in total. The molecule has 0 spiro atoms. The molecule has 12 heteroatoms. The molecule has 2 rings (SSSR count). The zero-order chi connectivity index (χ0) is 19.2. The topological polar surface area (TPSA) is 104 Å². The van der Waals surface area contributed by atoms with Crippen LogP contribution in [0.5, 0.6) is 11.5 Å². The number of methoxy groups -OCH3 is 1. The molecule has 0 aliphatic carbocycles. The first-order chi connectivity index (χ1) is 12.3. The van der Waals surface area contributed by atoms with E-state index in [1.54, 1.807) is 29.6 Å². The van der Waals surface area contributed by atoms with E-state index in [0.29, 0.717) is 11.5 Å². The van der Waals surface area contributed by atoms with E-state index in [-0.39, 0.29) is 23.3 Å². The Labute approximate surface area is 150 Å². The number of aromatic nitrogens is 3. The number of hydrogen-bond acceptors (Lipinski definition) is 7. The predicted octanol–water partition coefficient (Wildman–Crippen LogP) is 1.35. The van der Waals surface area contributed by atoms with E-state index in [1.165, 1.54) is 7.11 Å². The monoisotopic (exact) mass is 391 g/mol. The van der Waals surface area contributed by atoms with E-state index in [1.807, 2.05) is 0 Å². The minimum Gasteiger partial charge on any atom is -0.497 e. The summed E-state index contributed by atoms with van der Waals surface area (Å²) in [5.74, 6) is 6.19. The van der Waals surface area contributed by atoms with Crippen molar-refractivity contribution in [1.29, 1.82) is 0 Å². The lowest BCUT2D eigenvalue weighted by molar-refractivity contribution is -0.136. The quantitative estimate of drug-likeness (QED) is 0.517. The molecule has 0 aliphatic rings. The molecule has 0 fully saturated rings. The van der Waals surface area contributed by atoms with Crippen LogP contribution in [-0.4, -0.2) is 46.4 Å². The number of amides is 1. The fourth-order valence-electron chi connectivity index (χ4n) is 1.72. The lowest BCUT2D eigenvalue weighted by Gasteiger charge is -2.08. The summed E-state index contributed by atoms with van der Waals surface area (Å²) >= 11 is 0.864. The van der Waals surface area contributed by atoms with Gasteiger partial charge in [0.2, 0.25) is 11.1 Å². The Kier molecular flexibility index (Phi) is 6.55. The van der Waals surface area contributed by atoms with Crippen molar-refractivity contribution in [3.8, 4) is 11.5 Å². The molecule has 2 aromatic rings. The average Bonchev–Trinajstić information content (AvgIpc) is 2.96. The van der Waals surface area contributed by atoms with E-state index in [2.05, 4.69) is 10.2 Å². The molecule has 0 aliphatic heterocycles. The van der Waals surface area contributed by atoms with Gasteiger partial charge < -0.3 is 20.6 Å². The summed E-state index contributed by atoms with van der Waals surface area (Å²) in [5, 5.41) is 9.56. The molecule has 142 valence electrons. The molecule has 0 unspecified atom stereocenters. The maximum absolute atomic E-state index is 12.0. The highest BCUT2D eigenvalue weighted by Gasteiger charge is 2.27. The van der Waals surface area contributed by atoms with Crippen LogP contribution in [0.1, 0.15) is 5.82 Å². The summed E-state index contributed by atoms with van der Waals surface area (Å²) in [4.78, 5) is 11.4. The highest BCUT2D eigenvalue weighted by molar-refractivity contribution is 7.99. The first-order valence-electron chi connectivity index (χ1n) is 7.21. The zero-order valence-electron chi connectivity index (χ0n) is 13.6. The molecule has 0 saturated carbocycles. The molecule has 26 heavy (non-hydrogen) atoms. The molecule has 1 aromatic heterocycles. The zero-order valence-corrected chi connectivity index (χ0v) is 14.4. The Balaban J connectivity index is 1.86. The molecular formula is C14H16F3N5O3S. The second-order valence-corrected chi connectivity index (χ2v) is 5.86. The number of nitrogens with one attached hydrogen (secondary N) is 1. The summed E-state index contributed by atoms with van der Waals surface area (Å²) < 4.78 is 47.8. The van der Waals surface area contributed by atoms with Gasteiger partial charge in [0.05, 0.1) is 12.9 Å². The molecular weight excluding hydrogens is 375 g/mol. The van der Waals surface area contributed by atoms with Crippen LogP contribution in [0.4, 0.5) is 13.2 Å². The van der Waals surface area contributed by atoms with Crippen molar-refractivity contribution in [3.63, 3.8) is 0 Å². The third-order valence-electron chi connectivity index (χ3n) is 2.96. The Bertz CT molecular complexity index is 754. The van der Waals surface area contributed by atoms with Gasteiger partial charge in [0, 0.05) is 6.07 Å². The fourth-order valence-corrected chi connectivity index (χ4v) is 2.43. The average molecular weight is 391 g/mol. The van der Waals surface area contributed by atoms with Gasteiger partial charge in [-0.2, -0.15) is 13.2 Å². The second-order valence-electron chi connectivity index (χ2n) is 4.92. The first kappa shape index (κ1) is 19.7. The lowest BCUT2D eigenvalue weighted by atomic mass is 10.3. The van der Waals surface area contributed by atoms with Crippen molar-refractivity contribution in [2.24, 2.45) is 0 Å². The highest BCUT2D eigenvalue weighted by atomic mass is 32.2. The normalized spacial score (nSPS) is 11.2. The van der Waals surface area contributed by atoms with Gasteiger partial charge in [0.15, 0.2) is 5.82 Å². The number of thioether (sulfide) groups is 1. The van der Waals surface area contributed by atoms with Gasteiger partial charge in [-0.1, -0.05) is 17.8 Å². The predicted molar refractivity (Wildman–Crippen MR) is 87.3 cm³/mol. The van der Waals surface area contributed by atoms with Crippen LogP contribution < -0.4 is 20.6 Å². The number of carbonyl (C=O) groups is 1. The van der Waals surface area contributed by atoms with Crippen LogP contribution in [0.3, 0.4) is 0 Å². The molecule has 0 atom stereocenters. The summed E-state index contributed by atoms with van der Waals surface area (Å²) in [6.45, 7) is -1.38. The number of ether oxygens (including phenoxy) is 2. The first-order valence-corrected chi connectivity index (χ1v) is 8.19. The Morgan fingerprint density at radius 1 is 1.35 bits per heavy atom. The van der Waals surface area contributed by atoms with E-state index < -0.39 is 18.6 Å². The number of benzene rings is 1. The van der Waals surface area contributed by atoms with Crippen LogP contribution in [0.15, 0.2) is 29.4 Å². The van der Waals surface area contributed by atoms with Gasteiger partial charge >= 0.3 is 6.18 Å². The Morgan fingerprint density at radius 2 is 2.08 bits per heavy atom. The van der Waals surface area contributed by atoms with Gasteiger partial charge in [-0.3, -0.25) is 4.79 Å². The van der Waals surface area contributed by atoms with Crippen LogP contribution in [0.2, 0.25) is 0 Å². The van der Waals surface area contributed by atoms with E-state index in [4.69, 9.17) is 15.3 Å². The number of alkyl halides is 3. The molecule has 1 aromatic carbocycles. The van der Waals surface area contributed by atoms with Crippen molar-refractivity contribution in [2.75, 3.05) is 25.3 Å². The number of carbonyl (C=O) groups excluding carboxylic acids is 1. The highest BCUT2D eigenvalue weighted by Crippen LogP contribution is 2.20. The Hall–Kier alpha value is -2.63. The van der Waals surface area contributed by atoms with Gasteiger partial charge in [0.25, 0.3) is 0 Å². The molecule has 1 amide bonds. The van der Waals surface area contributed by atoms with E-state index in [0.717, 1.165) is 16.4 Å². The second kappa shape index (κ2) is 8.65. The summed E-state index contributed by atoms with van der Waals surface area (Å²) in [5.41, 5.74) is 0. The third-order valence-corrected chi connectivity index (χ3v) is 3.91. The standard InChI is InChI=1S/C14H16F3N5O3S/c1-24-9-3-2-4-10(5-9)25-6-11-20-21-13(22(11)18)26-7-12(23)19-8-14(15,16)17/h2-5H,6-8,18H2,1H3,(H,19,23). The Morgan fingerprint density at radius 3 is 2.77 bits per heavy atom. The maximum Gasteiger partial charge on any atom is 0.405 e. The lowest BCUT2D eigenvalue weighted by Crippen LogP contribution is -2.34. The molecule has 0 bridgehead atoms. The number of nitrogen functional groups attached to an aromatic ring is 1. The third kappa shape index (κ3) is 6.02. The van der Waals surface area contributed by atoms with Crippen LogP contribution in [-0.2, 0) is 11.4 Å². The van der Waals surface area contributed by atoms with Crippen LogP contribution >= 0.6 is 11.8 Å². The number of rotatable bonds is 8. The van der Waals surface area contributed by atoms with Crippen LogP contribution in [0, 0.1) is 0 Å². The minimum absolute atomic E-state index is 0.0114. The summed E-state index contributed by atoms with van der Waals surface area (Å²) in [6, 6.07) is 6.91. The number of nitrogens with zero attached hydrogens (tertiary/aromatic N) is 3. The van der Waals surface area contributed by atoms with Gasteiger partial charge in [0.1, 0.15) is 24.7 Å². The summed E-state index contributed by atoms with van der Waals surface area (Å²) in [7, 11) is 1.53. The van der Waals surface area contributed by atoms with Crippen LogP contribution in [0.25, 0.3) is 0 Å². The minimum atomic E-state index is -4.46. The number of nitrogens with two attached hydrogens (primary N) is 1. The molecule has 0 saturated heterocycles.